The minimum Gasteiger partial charge on any atom is -0.256 e. The van der Waals surface area contributed by atoms with Gasteiger partial charge in [0.25, 0.3) is 0 Å². The summed E-state index contributed by atoms with van der Waals surface area (Å²) in [6, 6.07) is 8.91. The molecule has 94 valence electrons. The van der Waals surface area contributed by atoms with Crippen LogP contribution in [0.1, 0.15) is 24.8 Å². The normalized spacial score (nSPS) is 18.9. The van der Waals surface area contributed by atoms with Gasteiger partial charge in [0.05, 0.1) is 17.5 Å². The molecule has 1 unspecified atom stereocenters. The summed E-state index contributed by atoms with van der Waals surface area (Å²) >= 11 is 0. The molecule has 0 saturated heterocycles. The van der Waals surface area contributed by atoms with Crippen LogP contribution in [0.2, 0.25) is 0 Å². The summed E-state index contributed by atoms with van der Waals surface area (Å²) in [6.45, 7) is 0. The van der Waals surface area contributed by atoms with Crippen LogP contribution in [0.4, 0.5) is 4.39 Å². The zero-order valence-electron chi connectivity index (χ0n) is 10.4. The lowest BCUT2D eigenvalue weighted by molar-refractivity contribution is 0.604. The van der Waals surface area contributed by atoms with E-state index in [1.165, 1.54) is 17.7 Å². The molecule has 2 nitrogen and oxygen atoms in total. The van der Waals surface area contributed by atoms with Crippen molar-refractivity contribution in [1.82, 2.24) is 4.98 Å². The largest absolute Gasteiger partial charge is 0.256 e. The highest BCUT2D eigenvalue weighted by Gasteiger charge is 2.16. The zero-order chi connectivity index (χ0) is 13.2. The van der Waals surface area contributed by atoms with Crippen molar-refractivity contribution in [2.24, 2.45) is 5.92 Å². The Bertz CT molecular complexity index is 697. The summed E-state index contributed by atoms with van der Waals surface area (Å²) in [7, 11) is 0. The number of allylic oxidation sites excluding steroid dienone is 2. The van der Waals surface area contributed by atoms with E-state index in [9.17, 15) is 4.39 Å². The van der Waals surface area contributed by atoms with E-state index in [1.54, 1.807) is 12.3 Å². The van der Waals surface area contributed by atoms with Gasteiger partial charge in [-0.1, -0.05) is 6.08 Å². The van der Waals surface area contributed by atoms with Crippen LogP contribution in [0.25, 0.3) is 16.5 Å². The number of fused-ring (bicyclic) bond motifs is 1. The molecule has 0 fully saturated rings. The van der Waals surface area contributed by atoms with E-state index in [-0.39, 0.29) is 11.7 Å². The number of halogens is 1. The standard InChI is InChI=1S/C16H13FN2/c17-13-5-6-16-15(9-13)14(7-8-19-16)12-3-1-11(10-18)2-4-12/h3,5-9,11H,1-2,4H2. The summed E-state index contributed by atoms with van der Waals surface area (Å²) in [6.07, 6.45) is 6.39. The van der Waals surface area contributed by atoms with Gasteiger partial charge in [-0.05, 0) is 54.7 Å². The fourth-order valence-electron chi connectivity index (χ4n) is 2.59. The molecule has 1 atom stereocenters. The van der Waals surface area contributed by atoms with Crippen molar-refractivity contribution in [3.05, 3.63) is 47.9 Å². The molecule has 19 heavy (non-hydrogen) atoms. The predicted octanol–water partition coefficient (Wildman–Crippen LogP) is 4.08. The molecule has 3 heteroatoms. The van der Waals surface area contributed by atoms with Gasteiger partial charge in [-0.25, -0.2) is 4.39 Å². The number of hydrogen-bond donors (Lipinski definition) is 0. The Morgan fingerprint density at radius 3 is 2.95 bits per heavy atom. The lowest BCUT2D eigenvalue weighted by atomic mass is 9.86. The molecule has 1 heterocycles. The Labute approximate surface area is 111 Å². The number of nitriles is 1. The summed E-state index contributed by atoms with van der Waals surface area (Å²) in [5, 5.41) is 9.77. The third-order valence-corrected chi connectivity index (χ3v) is 3.64. The van der Waals surface area contributed by atoms with Crippen molar-refractivity contribution in [1.29, 1.82) is 5.26 Å². The van der Waals surface area contributed by atoms with Crippen LogP contribution in [0.3, 0.4) is 0 Å². The van der Waals surface area contributed by atoms with E-state index in [1.807, 2.05) is 6.07 Å². The Morgan fingerprint density at radius 2 is 2.21 bits per heavy atom. The topological polar surface area (TPSA) is 36.7 Å². The fraction of sp³-hybridized carbons (Fsp3) is 0.250. The van der Waals surface area contributed by atoms with E-state index < -0.39 is 0 Å². The van der Waals surface area contributed by atoms with Crippen molar-refractivity contribution >= 4 is 16.5 Å². The second-order valence-electron chi connectivity index (χ2n) is 4.85. The third kappa shape index (κ3) is 2.22. The van der Waals surface area contributed by atoms with E-state index in [0.29, 0.717) is 0 Å². The zero-order valence-corrected chi connectivity index (χ0v) is 10.4. The van der Waals surface area contributed by atoms with Crippen LogP contribution < -0.4 is 0 Å². The van der Waals surface area contributed by atoms with E-state index in [0.717, 1.165) is 35.7 Å². The van der Waals surface area contributed by atoms with Crippen molar-refractivity contribution in [2.75, 3.05) is 0 Å². The molecule has 1 aromatic heterocycles. The van der Waals surface area contributed by atoms with Gasteiger partial charge >= 0.3 is 0 Å². The molecule has 0 amide bonds. The van der Waals surface area contributed by atoms with Crippen LogP contribution >= 0.6 is 0 Å². The molecule has 2 aromatic rings. The smallest absolute Gasteiger partial charge is 0.123 e. The van der Waals surface area contributed by atoms with Gasteiger partial charge in [0.2, 0.25) is 0 Å². The molecule has 0 spiro atoms. The Hall–Kier alpha value is -2.21. The van der Waals surface area contributed by atoms with Gasteiger partial charge in [0, 0.05) is 11.6 Å². The van der Waals surface area contributed by atoms with E-state index >= 15 is 0 Å². The van der Waals surface area contributed by atoms with Crippen LogP contribution in [0, 0.1) is 23.1 Å². The molecule has 1 aromatic carbocycles. The van der Waals surface area contributed by atoms with Gasteiger partial charge in [0.1, 0.15) is 5.82 Å². The van der Waals surface area contributed by atoms with Crippen LogP contribution in [0.5, 0.6) is 0 Å². The van der Waals surface area contributed by atoms with Crippen molar-refractivity contribution in [3.8, 4) is 6.07 Å². The number of aromatic nitrogens is 1. The highest BCUT2D eigenvalue weighted by Crippen LogP contribution is 2.33. The Kier molecular flexibility index (Phi) is 3.00. The summed E-state index contributed by atoms with van der Waals surface area (Å²) in [5.41, 5.74) is 3.05. The van der Waals surface area contributed by atoms with Gasteiger partial charge < -0.3 is 0 Å². The van der Waals surface area contributed by atoms with Crippen molar-refractivity contribution < 1.29 is 4.39 Å². The number of benzene rings is 1. The first kappa shape index (κ1) is 11.9. The number of hydrogen-bond acceptors (Lipinski definition) is 2. The first-order chi connectivity index (χ1) is 9.28. The maximum Gasteiger partial charge on any atom is 0.123 e. The lowest BCUT2D eigenvalue weighted by Crippen LogP contribution is -2.03. The van der Waals surface area contributed by atoms with Crippen molar-refractivity contribution in [3.63, 3.8) is 0 Å². The third-order valence-electron chi connectivity index (χ3n) is 3.64. The monoisotopic (exact) mass is 252 g/mol. The minimum atomic E-state index is -0.243. The predicted molar refractivity (Wildman–Crippen MR) is 72.6 cm³/mol. The molecule has 0 saturated carbocycles. The summed E-state index contributed by atoms with van der Waals surface area (Å²) in [5.74, 6) is -0.123. The first-order valence-electron chi connectivity index (χ1n) is 6.41. The highest BCUT2D eigenvalue weighted by molar-refractivity contribution is 5.91. The van der Waals surface area contributed by atoms with Crippen LogP contribution in [0.15, 0.2) is 36.5 Å². The number of rotatable bonds is 1. The molecule has 1 aliphatic rings. The average molecular weight is 252 g/mol. The maximum absolute atomic E-state index is 13.4. The molecule has 0 radical (unpaired) electrons. The quantitative estimate of drug-likeness (QED) is 0.766. The van der Waals surface area contributed by atoms with Gasteiger partial charge in [-0.15, -0.1) is 0 Å². The molecule has 3 rings (SSSR count). The first-order valence-corrected chi connectivity index (χ1v) is 6.41. The number of nitrogens with zero attached hydrogens (tertiary/aromatic N) is 2. The van der Waals surface area contributed by atoms with Crippen LogP contribution in [-0.4, -0.2) is 4.98 Å². The molecular weight excluding hydrogens is 239 g/mol. The molecule has 1 aliphatic carbocycles. The fourth-order valence-corrected chi connectivity index (χ4v) is 2.59. The molecule has 0 N–H and O–H groups in total. The average Bonchev–Trinajstić information content (AvgIpc) is 2.47. The maximum atomic E-state index is 13.4. The second-order valence-corrected chi connectivity index (χ2v) is 4.85. The van der Waals surface area contributed by atoms with Crippen LogP contribution in [-0.2, 0) is 0 Å². The van der Waals surface area contributed by atoms with Crippen molar-refractivity contribution in [2.45, 2.75) is 19.3 Å². The summed E-state index contributed by atoms with van der Waals surface area (Å²) in [4.78, 5) is 4.26. The molecular formula is C16H13FN2. The highest BCUT2D eigenvalue weighted by atomic mass is 19.1. The lowest BCUT2D eigenvalue weighted by Gasteiger charge is -2.18. The van der Waals surface area contributed by atoms with E-state index in [4.69, 9.17) is 5.26 Å². The summed E-state index contributed by atoms with van der Waals surface area (Å²) < 4.78 is 13.4. The van der Waals surface area contributed by atoms with Gasteiger partial charge in [-0.3, -0.25) is 4.98 Å². The Morgan fingerprint density at radius 1 is 1.32 bits per heavy atom. The van der Waals surface area contributed by atoms with Gasteiger partial charge in [0.15, 0.2) is 0 Å². The number of pyridine rings is 1. The molecule has 0 aliphatic heterocycles. The second kappa shape index (κ2) is 4.81. The minimum absolute atomic E-state index is 0.119. The molecule has 0 bridgehead atoms. The van der Waals surface area contributed by atoms with E-state index in [2.05, 4.69) is 17.1 Å². The van der Waals surface area contributed by atoms with Gasteiger partial charge in [-0.2, -0.15) is 5.26 Å². The SMILES string of the molecule is N#CC1CC=C(c2ccnc3ccc(F)cc23)CC1. The Balaban J connectivity index is 2.09.